The van der Waals surface area contributed by atoms with Crippen molar-refractivity contribution in [2.75, 3.05) is 48.0 Å². The largest absolute Gasteiger partial charge is 0.493 e. The molecule has 1 aliphatic heterocycles. The van der Waals surface area contributed by atoms with Crippen molar-refractivity contribution in [1.29, 1.82) is 0 Å². The fraction of sp³-hybridized carbons (Fsp3) is 0.708. The van der Waals surface area contributed by atoms with Gasteiger partial charge in [0.05, 0.1) is 26.9 Å². The summed E-state index contributed by atoms with van der Waals surface area (Å²) >= 11 is 0. The average molecular weight is 435 g/mol. The Kier molecular flexibility index (Phi) is 8.58. The second-order valence-electron chi connectivity index (χ2n) is 8.99. The fourth-order valence-electron chi connectivity index (χ4n) is 5.27. The van der Waals surface area contributed by atoms with Gasteiger partial charge in [0, 0.05) is 12.6 Å². The van der Waals surface area contributed by atoms with E-state index in [9.17, 15) is 9.90 Å². The summed E-state index contributed by atoms with van der Waals surface area (Å²) in [4.78, 5) is 16.1. The molecule has 7 nitrogen and oxygen atoms in total. The van der Waals surface area contributed by atoms with Crippen molar-refractivity contribution in [3.05, 3.63) is 23.8 Å². The number of likely N-dealkylation sites (tertiary alicyclic amines) is 1. The summed E-state index contributed by atoms with van der Waals surface area (Å²) in [5.74, 6) is 0.929. The molecule has 1 saturated heterocycles. The number of carbonyl (C=O) groups is 1. The van der Waals surface area contributed by atoms with E-state index in [-0.39, 0.29) is 12.0 Å². The maximum atomic E-state index is 11.7. The molecule has 0 spiro atoms. The molecule has 0 bridgehead atoms. The summed E-state index contributed by atoms with van der Waals surface area (Å²) < 4.78 is 17.1. The molecule has 1 aromatic carbocycles. The van der Waals surface area contributed by atoms with Gasteiger partial charge in [-0.25, -0.2) is 0 Å². The van der Waals surface area contributed by atoms with Crippen LogP contribution in [0.3, 0.4) is 0 Å². The van der Waals surface area contributed by atoms with Gasteiger partial charge in [0.25, 0.3) is 0 Å². The summed E-state index contributed by atoms with van der Waals surface area (Å²) in [5, 5.41) is 9.65. The Labute approximate surface area is 186 Å². The molecule has 174 valence electrons. The van der Waals surface area contributed by atoms with Crippen LogP contribution >= 0.6 is 0 Å². The van der Waals surface area contributed by atoms with Crippen LogP contribution in [0.1, 0.15) is 37.7 Å². The summed E-state index contributed by atoms with van der Waals surface area (Å²) in [6, 6.07) is 5.98. The molecule has 1 N–H and O–H groups in total. The van der Waals surface area contributed by atoms with Crippen molar-refractivity contribution in [2.24, 2.45) is 5.92 Å². The van der Waals surface area contributed by atoms with Gasteiger partial charge in [-0.05, 0) is 69.9 Å². The van der Waals surface area contributed by atoms with Crippen molar-refractivity contribution >= 4 is 5.97 Å². The number of carboxylic acid groups (broad SMARTS) is 1. The highest BCUT2D eigenvalue weighted by atomic mass is 16.5. The number of aliphatic carboxylic acids is 1. The van der Waals surface area contributed by atoms with Gasteiger partial charge in [0.2, 0.25) is 0 Å². The van der Waals surface area contributed by atoms with Crippen LogP contribution in [0.5, 0.6) is 11.5 Å². The Morgan fingerprint density at radius 2 is 1.90 bits per heavy atom. The number of rotatable bonds is 10. The van der Waals surface area contributed by atoms with E-state index >= 15 is 0 Å². The molecule has 1 saturated carbocycles. The number of likely N-dealkylation sites (N-methyl/N-ethyl adjacent to an activating group) is 1. The van der Waals surface area contributed by atoms with Crippen LogP contribution in [-0.2, 0) is 16.0 Å². The molecule has 1 unspecified atom stereocenters. The first-order chi connectivity index (χ1) is 14.9. The number of methoxy groups -OCH3 is 2. The van der Waals surface area contributed by atoms with Crippen molar-refractivity contribution < 1.29 is 24.1 Å². The summed E-state index contributed by atoms with van der Waals surface area (Å²) in [6.45, 7) is 2.47. The second kappa shape index (κ2) is 11.2. The van der Waals surface area contributed by atoms with Crippen molar-refractivity contribution in [3.8, 4) is 11.5 Å². The number of carboxylic acids is 1. The van der Waals surface area contributed by atoms with Crippen LogP contribution in [0.25, 0.3) is 0 Å². The molecular weight excluding hydrogens is 396 g/mol. The topological polar surface area (TPSA) is 71.5 Å². The van der Waals surface area contributed by atoms with Gasteiger partial charge in [-0.15, -0.1) is 0 Å². The lowest BCUT2D eigenvalue weighted by molar-refractivity contribution is -0.144. The number of hydrogen-bond donors (Lipinski definition) is 1. The van der Waals surface area contributed by atoms with Crippen LogP contribution < -0.4 is 9.47 Å². The Bertz CT molecular complexity index is 726. The van der Waals surface area contributed by atoms with Gasteiger partial charge in [0.15, 0.2) is 11.5 Å². The molecule has 1 heterocycles. The molecular formula is C24H38N2O5. The van der Waals surface area contributed by atoms with E-state index in [0.717, 1.165) is 50.3 Å². The Morgan fingerprint density at radius 1 is 1.16 bits per heavy atom. The number of hydrogen-bond acceptors (Lipinski definition) is 6. The Morgan fingerprint density at radius 3 is 2.58 bits per heavy atom. The predicted molar refractivity (Wildman–Crippen MR) is 120 cm³/mol. The third-order valence-corrected chi connectivity index (χ3v) is 6.82. The van der Waals surface area contributed by atoms with Crippen molar-refractivity contribution in [1.82, 2.24) is 9.80 Å². The van der Waals surface area contributed by atoms with E-state index in [4.69, 9.17) is 14.2 Å². The van der Waals surface area contributed by atoms with Crippen LogP contribution in [0.2, 0.25) is 0 Å². The summed E-state index contributed by atoms with van der Waals surface area (Å²) in [5.41, 5.74) is 1.17. The Balaban J connectivity index is 1.56. The van der Waals surface area contributed by atoms with E-state index in [2.05, 4.69) is 11.0 Å². The van der Waals surface area contributed by atoms with Gasteiger partial charge in [-0.3, -0.25) is 14.6 Å². The molecule has 31 heavy (non-hydrogen) atoms. The minimum absolute atomic E-state index is 0.168. The van der Waals surface area contributed by atoms with Crippen molar-refractivity contribution in [3.63, 3.8) is 0 Å². The van der Waals surface area contributed by atoms with Gasteiger partial charge >= 0.3 is 5.97 Å². The van der Waals surface area contributed by atoms with E-state index < -0.39 is 12.0 Å². The lowest BCUT2D eigenvalue weighted by Gasteiger charge is -2.38. The lowest BCUT2D eigenvalue weighted by atomic mass is 9.91. The summed E-state index contributed by atoms with van der Waals surface area (Å²) in [7, 11) is 7.02. The number of benzene rings is 1. The molecule has 1 aromatic rings. The maximum Gasteiger partial charge on any atom is 0.321 e. The zero-order chi connectivity index (χ0) is 22.4. The molecule has 4 atom stereocenters. The van der Waals surface area contributed by atoms with E-state index in [1.807, 2.05) is 31.1 Å². The highest BCUT2D eigenvalue weighted by Crippen LogP contribution is 2.32. The molecule has 3 rings (SSSR count). The smallest absolute Gasteiger partial charge is 0.321 e. The van der Waals surface area contributed by atoms with Gasteiger partial charge < -0.3 is 19.3 Å². The van der Waals surface area contributed by atoms with Crippen molar-refractivity contribution in [2.45, 2.75) is 56.7 Å². The standard InChI is InChI=1S/C24H38N2O5/c1-25(2)23(24(27)28)18-11-13-26(16-18)19-7-5-6-8-20(19)31-14-12-17-9-10-21(29-3)22(15-17)30-4/h9-10,15,18-20,23H,5-8,11-14,16H2,1-4H3,(H,27,28)/t18-,19-,20+,23?/m1/s1. The van der Waals surface area contributed by atoms with E-state index in [0.29, 0.717) is 12.6 Å². The van der Waals surface area contributed by atoms with E-state index in [1.54, 1.807) is 14.2 Å². The number of nitrogens with zero attached hydrogens (tertiary/aromatic N) is 2. The Hall–Kier alpha value is -1.83. The van der Waals surface area contributed by atoms with Gasteiger partial charge in [-0.2, -0.15) is 0 Å². The van der Waals surface area contributed by atoms with Crippen LogP contribution in [0, 0.1) is 5.92 Å². The molecule has 2 aliphatic rings. The second-order valence-corrected chi connectivity index (χ2v) is 8.99. The monoisotopic (exact) mass is 434 g/mol. The molecule has 1 aliphatic carbocycles. The predicted octanol–water partition coefficient (Wildman–Crippen LogP) is 2.91. The summed E-state index contributed by atoms with van der Waals surface area (Å²) in [6.07, 6.45) is 6.61. The van der Waals surface area contributed by atoms with Crippen LogP contribution in [-0.4, -0.2) is 87.1 Å². The normalized spacial score (nSPS) is 25.5. The molecule has 2 fully saturated rings. The van der Waals surface area contributed by atoms with Crippen LogP contribution in [0.4, 0.5) is 0 Å². The fourth-order valence-corrected chi connectivity index (χ4v) is 5.27. The first kappa shape index (κ1) is 23.8. The minimum atomic E-state index is -0.719. The SMILES string of the molecule is COc1ccc(CCO[C@H]2CCCC[C@H]2N2CC[C@@H](C(C(=O)O)N(C)C)C2)cc1OC. The molecule has 0 radical (unpaired) electrons. The van der Waals surface area contributed by atoms with Gasteiger partial charge in [0.1, 0.15) is 6.04 Å². The molecule has 7 heteroatoms. The van der Waals surface area contributed by atoms with Crippen LogP contribution in [0.15, 0.2) is 18.2 Å². The molecule has 0 amide bonds. The van der Waals surface area contributed by atoms with Gasteiger partial charge in [-0.1, -0.05) is 18.9 Å². The zero-order valence-electron chi connectivity index (χ0n) is 19.4. The lowest BCUT2D eigenvalue weighted by Crippen LogP contribution is -2.48. The first-order valence-electron chi connectivity index (χ1n) is 11.4. The maximum absolute atomic E-state index is 11.7. The zero-order valence-corrected chi connectivity index (χ0v) is 19.4. The molecule has 0 aromatic heterocycles. The first-order valence-corrected chi connectivity index (χ1v) is 11.4. The quantitative estimate of drug-likeness (QED) is 0.607. The highest BCUT2D eigenvalue weighted by molar-refractivity contribution is 5.74. The third-order valence-electron chi connectivity index (χ3n) is 6.82. The number of ether oxygens (including phenoxy) is 3. The highest BCUT2D eigenvalue weighted by Gasteiger charge is 2.40. The minimum Gasteiger partial charge on any atom is -0.493 e. The third kappa shape index (κ3) is 5.90. The van der Waals surface area contributed by atoms with E-state index in [1.165, 1.54) is 18.4 Å². The average Bonchev–Trinajstić information content (AvgIpc) is 3.22.